The monoisotopic (exact) mass is 334 g/mol. The first-order valence-electron chi connectivity index (χ1n) is 8.69. The zero-order chi connectivity index (χ0) is 17.6. The molecular formula is C21H22N2O2. The Morgan fingerprint density at radius 3 is 2.44 bits per heavy atom. The van der Waals surface area contributed by atoms with E-state index in [9.17, 15) is 4.79 Å². The summed E-state index contributed by atoms with van der Waals surface area (Å²) in [5.41, 5.74) is 5.81. The van der Waals surface area contributed by atoms with Crippen molar-refractivity contribution in [2.24, 2.45) is 0 Å². The summed E-state index contributed by atoms with van der Waals surface area (Å²) in [4.78, 5) is 12.6. The molecule has 1 aromatic heterocycles. The molecule has 4 heteroatoms. The summed E-state index contributed by atoms with van der Waals surface area (Å²) >= 11 is 0. The predicted octanol–water partition coefficient (Wildman–Crippen LogP) is 4.69. The Morgan fingerprint density at radius 1 is 1.12 bits per heavy atom. The highest BCUT2D eigenvalue weighted by Crippen LogP contribution is 2.46. The van der Waals surface area contributed by atoms with Gasteiger partial charge in [-0.25, -0.2) is 0 Å². The van der Waals surface area contributed by atoms with Crippen LogP contribution in [0.2, 0.25) is 0 Å². The number of rotatable bonds is 4. The highest BCUT2D eigenvalue weighted by molar-refractivity contribution is 6.11. The van der Waals surface area contributed by atoms with Crippen molar-refractivity contribution in [2.45, 2.75) is 25.7 Å². The Bertz CT molecular complexity index is 950. The van der Waals surface area contributed by atoms with Crippen molar-refractivity contribution >= 4 is 22.6 Å². The van der Waals surface area contributed by atoms with E-state index in [4.69, 9.17) is 4.42 Å². The van der Waals surface area contributed by atoms with Gasteiger partial charge in [-0.15, -0.1) is 0 Å². The van der Waals surface area contributed by atoms with Gasteiger partial charge in [0.15, 0.2) is 0 Å². The zero-order valence-electron chi connectivity index (χ0n) is 14.8. The number of nitrogens with one attached hydrogen (secondary N) is 2. The van der Waals surface area contributed by atoms with Gasteiger partial charge < -0.3 is 15.1 Å². The second-order valence-electron chi connectivity index (χ2n) is 6.71. The van der Waals surface area contributed by atoms with Crippen molar-refractivity contribution in [3.63, 3.8) is 0 Å². The lowest BCUT2D eigenvalue weighted by Crippen LogP contribution is -2.18. The fourth-order valence-corrected chi connectivity index (χ4v) is 3.37. The largest absolute Gasteiger partial charge is 0.455 e. The molecule has 4 rings (SSSR count). The number of amides is 1. The average Bonchev–Trinajstić information content (AvgIpc) is 3.41. The van der Waals surface area contributed by atoms with Crippen molar-refractivity contribution in [3.8, 4) is 11.3 Å². The number of hydrogen-bond acceptors (Lipinski definition) is 3. The van der Waals surface area contributed by atoms with E-state index in [0.29, 0.717) is 17.2 Å². The van der Waals surface area contributed by atoms with E-state index in [0.717, 1.165) is 22.2 Å². The first-order chi connectivity index (χ1) is 12.1. The number of aryl methyl sites for hydroxylation is 1. The van der Waals surface area contributed by atoms with E-state index >= 15 is 0 Å². The van der Waals surface area contributed by atoms with Crippen LogP contribution in [-0.2, 0) is 0 Å². The minimum absolute atomic E-state index is 0.117. The first-order valence-corrected chi connectivity index (χ1v) is 8.69. The topological polar surface area (TPSA) is 54.3 Å². The second kappa shape index (κ2) is 5.96. The molecule has 1 amide bonds. The fraction of sp³-hybridized carbons (Fsp3) is 0.286. The molecule has 0 atom stereocenters. The predicted molar refractivity (Wildman–Crippen MR) is 101 cm³/mol. The van der Waals surface area contributed by atoms with Crippen LogP contribution in [0.3, 0.4) is 0 Å². The average molecular weight is 334 g/mol. The van der Waals surface area contributed by atoms with Crippen LogP contribution in [0.1, 0.15) is 40.2 Å². The third-order valence-corrected chi connectivity index (χ3v) is 4.91. The van der Waals surface area contributed by atoms with Crippen LogP contribution in [0.5, 0.6) is 0 Å². The molecule has 2 N–H and O–H groups in total. The standard InChI is InChI=1S/C21H22N2O2/c1-12-4-6-14(7-5-12)20-19(21(24)23-3)16-10-15(13-8-9-13)17(22-2)11-18(16)25-20/h4-7,10-11,13,22H,8-9H2,1-3H3,(H,23,24). The molecule has 4 nitrogen and oxygen atoms in total. The van der Waals surface area contributed by atoms with Crippen LogP contribution >= 0.6 is 0 Å². The van der Waals surface area contributed by atoms with E-state index in [1.165, 1.54) is 24.0 Å². The van der Waals surface area contributed by atoms with Crippen LogP contribution < -0.4 is 10.6 Å². The highest BCUT2D eigenvalue weighted by atomic mass is 16.3. The highest BCUT2D eigenvalue weighted by Gasteiger charge is 2.29. The van der Waals surface area contributed by atoms with E-state index in [1.54, 1.807) is 7.05 Å². The molecule has 1 aliphatic carbocycles. The number of furan rings is 1. The maximum Gasteiger partial charge on any atom is 0.255 e. The summed E-state index contributed by atoms with van der Waals surface area (Å²) in [5, 5.41) is 6.91. The third kappa shape index (κ3) is 2.68. The summed E-state index contributed by atoms with van der Waals surface area (Å²) in [6.45, 7) is 2.04. The lowest BCUT2D eigenvalue weighted by atomic mass is 10.00. The second-order valence-corrected chi connectivity index (χ2v) is 6.71. The molecule has 3 aromatic rings. The maximum absolute atomic E-state index is 12.6. The van der Waals surface area contributed by atoms with Gasteiger partial charge in [-0.3, -0.25) is 4.79 Å². The van der Waals surface area contributed by atoms with Crippen molar-refractivity contribution in [1.29, 1.82) is 0 Å². The van der Waals surface area contributed by atoms with E-state index in [-0.39, 0.29) is 5.91 Å². The normalized spacial score (nSPS) is 13.9. The number of hydrogen-bond donors (Lipinski definition) is 2. The van der Waals surface area contributed by atoms with Crippen LogP contribution in [-0.4, -0.2) is 20.0 Å². The van der Waals surface area contributed by atoms with Gasteiger partial charge in [0.05, 0.1) is 5.56 Å². The zero-order valence-corrected chi connectivity index (χ0v) is 14.8. The Balaban J connectivity index is 1.98. The molecule has 2 aromatic carbocycles. The fourth-order valence-electron chi connectivity index (χ4n) is 3.37. The lowest BCUT2D eigenvalue weighted by Gasteiger charge is -2.08. The Labute approximate surface area is 147 Å². The van der Waals surface area contributed by atoms with Gasteiger partial charge in [-0.2, -0.15) is 0 Å². The van der Waals surface area contributed by atoms with E-state index in [1.807, 2.05) is 44.3 Å². The molecule has 0 aliphatic heterocycles. The van der Waals surface area contributed by atoms with Gasteiger partial charge in [0.25, 0.3) is 5.91 Å². The molecular weight excluding hydrogens is 312 g/mol. The van der Waals surface area contributed by atoms with Gasteiger partial charge in [0, 0.05) is 36.8 Å². The third-order valence-electron chi connectivity index (χ3n) is 4.91. The molecule has 1 fully saturated rings. The van der Waals surface area contributed by atoms with Gasteiger partial charge in [-0.05, 0) is 37.3 Å². The molecule has 0 saturated heterocycles. The number of benzene rings is 2. The number of carbonyl (C=O) groups is 1. The number of anilines is 1. The van der Waals surface area contributed by atoms with Crippen LogP contribution in [0.25, 0.3) is 22.3 Å². The Hall–Kier alpha value is -2.75. The first kappa shape index (κ1) is 15.8. The molecule has 0 bridgehead atoms. The summed E-state index contributed by atoms with van der Waals surface area (Å²) in [7, 11) is 3.58. The summed E-state index contributed by atoms with van der Waals surface area (Å²) < 4.78 is 6.14. The van der Waals surface area contributed by atoms with Crippen molar-refractivity contribution in [2.75, 3.05) is 19.4 Å². The van der Waals surface area contributed by atoms with Crippen molar-refractivity contribution < 1.29 is 9.21 Å². The van der Waals surface area contributed by atoms with Crippen molar-refractivity contribution in [1.82, 2.24) is 5.32 Å². The molecule has 128 valence electrons. The van der Waals surface area contributed by atoms with Crippen LogP contribution in [0.15, 0.2) is 40.8 Å². The minimum Gasteiger partial charge on any atom is -0.455 e. The van der Waals surface area contributed by atoms with E-state index in [2.05, 4.69) is 16.7 Å². The SMILES string of the molecule is CNC(=O)c1c(-c2ccc(C)cc2)oc2cc(NC)c(C3CC3)cc12. The summed E-state index contributed by atoms with van der Waals surface area (Å²) in [6, 6.07) is 12.2. The van der Waals surface area contributed by atoms with E-state index < -0.39 is 0 Å². The number of fused-ring (bicyclic) bond motifs is 1. The molecule has 0 unspecified atom stereocenters. The van der Waals surface area contributed by atoms with Crippen LogP contribution in [0.4, 0.5) is 5.69 Å². The Morgan fingerprint density at radius 2 is 1.84 bits per heavy atom. The smallest absolute Gasteiger partial charge is 0.255 e. The molecule has 1 aliphatic rings. The molecule has 0 radical (unpaired) electrons. The molecule has 1 heterocycles. The molecule has 1 saturated carbocycles. The van der Waals surface area contributed by atoms with Crippen molar-refractivity contribution in [3.05, 3.63) is 53.1 Å². The maximum atomic E-state index is 12.6. The minimum atomic E-state index is -0.117. The summed E-state index contributed by atoms with van der Waals surface area (Å²) in [6.07, 6.45) is 2.41. The molecule has 25 heavy (non-hydrogen) atoms. The van der Waals surface area contributed by atoms with Gasteiger partial charge in [0.2, 0.25) is 0 Å². The number of carbonyl (C=O) groups excluding carboxylic acids is 1. The van der Waals surface area contributed by atoms with Gasteiger partial charge in [-0.1, -0.05) is 29.8 Å². The summed E-state index contributed by atoms with van der Waals surface area (Å²) in [5.74, 6) is 1.10. The van der Waals surface area contributed by atoms with Gasteiger partial charge >= 0.3 is 0 Å². The lowest BCUT2D eigenvalue weighted by molar-refractivity contribution is 0.0964. The quantitative estimate of drug-likeness (QED) is 0.728. The van der Waals surface area contributed by atoms with Gasteiger partial charge in [0.1, 0.15) is 11.3 Å². The van der Waals surface area contributed by atoms with Crippen LogP contribution in [0, 0.1) is 6.92 Å². The Kier molecular flexibility index (Phi) is 3.75. The molecule has 0 spiro atoms.